The van der Waals surface area contributed by atoms with Gasteiger partial charge >= 0.3 is 0 Å². The van der Waals surface area contributed by atoms with Crippen molar-refractivity contribution < 1.29 is 9.47 Å². The van der Waals surface area contributed by atoms with Gasteiger partial charge in [0.2, 0.25) is 0 Å². The maximum absolute atomic E-state index is 5.56. The van der Waals surface area contributed by atoms with Crippen molar-refractivity contribution in [3.8, 4) is 5.75 Å². The zero-order valence-electron chi connectivity index (χ0n) is 11.5. The van der Waals surface area contributed by atoms with Crippen LogP contribution in [0, 0.1) is 0 Å². The smallest absolute Gasteiger partial charge is 0.135 e. The molecule has 0 amide bonds. The molecule has 0 spiro atoms. The summed E-state index contributed by atoms with van der Waals surface area (Å²) < 4.78 is 15.0. The molecule has 20 heavy (non-hydrogen) atoms. The molecule has 108 valence electrons. The van der Waals surface area contributed by atoms with Crippen LogP contribution in [0.5, 0.6) is 5.75 Å². The number of nitrogens with zero attached hydrogens (tertiary/aromatic N) is 2. The first-order valence-corrected chi connectivity index (χ1v) is 7.48. The normalized spacial score (nSPS) is 10.4. The third-order valence-electron chi connectivity index (χ3n) is 2.57. The zero-order chi connectivity index (χ0) is 14.0. The highest BCUT2D eigenvalue weighted by Crippen LogP contribution is 2.18. The molecule has 2 aromatic rings. The highest BCUT2D eigenvalue weighted by Gasteiger charge is 2.07. The number of anilines is 1. The molecule has 2 rings (SSSR count). The van der Waals surface area contributed by atoms with Gasteiger partial charge in [-0.1, -0.05) is 29.6 Å². The van der Waals surface area contributed by atoms with Gasteiger partial charge in [-0.3, -0.25) is 0 Å². The van der Waals surface area contributed by atoms with E-state index in [2.05, 4.69) is 21.8 Å². The largest absolute Gasteiger partial charge is 0.491 e. The van der Waals surface area contributed by atoms with Crippen LogP contribution in [-0.4, -0.2) is 29.3 Å². The molecule has 0 aliphatic rings. The van der Waals surface area contributed by atoms with E-state index in [1.807, 2.05) is 30.3 Å². The molecule has 6 heteroatoms. The van der Waals surface area contributed by atoms with E-state index in [4.69, 9.17) is 9.47 Å². The monoisotopic (exact) mass is 293 g/mol. The average Bonchev–Trinajstić information content (AvgIpc) is 2.93. The van der Waals surface area contributed by atoms with Gasteiger partial charge in [-0.15, -0.1) is 5.10 Å². The maximum atomic E-state index is 5.56. The van der Waals surface area contributed by atoms with E-state index in [9.17, 15) is 0 Å². The number of benzene rings is 1. The number of aromatic nitrogens is 2. The third-order valence-corrected chi connectivity index (χ3v) is 3.30. The van der Waals surface area contributed by atoms with Gasteiger partial charge in [-0.2, -0.15) is 0 Å². The number of hydrogen-bond donors (Lipinski definition) is 1. The fraction of sp³-hybridized carbons (Fsp3) is 0.429. The number of rotatable bonds is 9. The van der Waals surface area contributed by atoms with E-state index in [-0.39, 0.29) is 0 Å². The lowest BCUT2D eigenvalue weighted by molar-refractivity contribution is 0.0872. The standard InChI is InChI=1S/C14H19N3O2S/c1-2-8-15-14-13(16-17-20-14)11-18-9-10-19-12-6-4-3-5-7-12/h3-7,15H,2,8-11H2,1H3. The average molecular weight is 293 g/mol. The highest BCUT2D eigenvalue weighted by molar-refractivity contribution is 7.10. The van der Waals surface area contributed by atoms with Crippen molar-refractivity contribution in [3.63, 3.8) is 0 Å². The Hall–Kier alpha value is -1.66. The molecule has 1 aromatic carbocycles. The minimum atomic E-state index is 0.459. The Bertz CT molecular complexity index is 490. The number of ether oxygens (including phenoxy) is 2. The van der Waals surface area contributed by atoms with Crippen molar-refractivity contribution in [3.05, 3.63) is 36.0 Å². The van der Waals surface area contributed by atoms with Crippen molar-refractivity contribution in [1.82, 2.24) is 9.59 Å². The van der Waals surface area contributed by atoms with Gasteiger partial charge in [0.25, 0.3) is 0 Å². The second-order valence-corrected chi connectivity index (χ2v) is 4.94. The summed E-state index contributed by atoms with van der Waals surface area (Å²) in [7, 11) is 0. The summed E-state index contributed by atoms with van der Waals surface area (Å²) in [4.78, 5) is 0. The second kappa shape index (κ2) is 8.50. The Morgan fingerprint density at radius 1 is 1.20 bits per heavy atom. The zero-order valence-corrected chi connectivity index (χ0v) is 12.4. The molecule has 0 aliphatic carbocycles. The van der Waals surface area contributed by atoms with Gasteiger partial charge in [0.1, 0.15) is 23.1 Å². The van der Waals surface area contributed by atoms with Crippen LogP contribution in [0.1, 0.15) is 19.0 Å². The molecule has 1 N–H and O–H groups in total. The SMILES string of the molecule is CCCNc1snnc1COCCOc1ccccc1. The molecule has 0 fully saturated rings. The summed E-state index contributed by atoms with van der Waals surface area (Å²) >= 11 is 1.37. The van der Waals surface area contributed by atoms with Crippen molar-refractivity contribution in [1.29, 1.82) is 0 Å². The summed E-state index contributed by atoms with van der Waals surface area (Å²) in [5.41, 5.74) is 0.864. The lowest BCUT2D eigenvalue weighted by Gasteiger charge is -2.07. The van der Waals surface area contributed by atoms with E-state index in [1.165, 1.54) is 11.5 Å². The molecule has 1 aromatic heterocycles. The Kier molecular flexibility index (Phi) is 6.26. The topological polar surface area (TPSA) is 56.3 Å². The molecule has 0 bridgehead atoms. The van der Waals surface area contributed by atoms with Gasteiger partial charge < -0.3 is 14.8 Å². The fourth-order valence-electron chi connectivity index (χ4n) is 1.58. The predicted octanol–water partition coefficient (Wildman–Crippen LogP) is 2.96. The lowest BCUT2D eigenvalue weighted by atomic mass is 10.3. The first-order chi connectivity index (χ1) is 9.90. The Labute approximate surface area is 123 Å². The van der Waals surface area contributed by atoms with Gasteiger partial charge in [-0.25, -0.2) is 0 Å². The Morgan fingerprint density at radius 2 is 2.05 bits per heavy atom. The van der Waals surface area contributed by atoms with Crippen molar-refractivity contribution in [2.45, 2.75) is 20.0 Å². The first kappa shape index (κ1) is 14.7. The molecular weight excluding hydrogens is 274 g/mol. The van der Waals surface area contributed by atoms with Crippen LogP contribution in [0.15, 0.2) is 30.3 Å². The summed E-state index contributed by atoms with van der Waals surface area (Å²) in [6.45, 7) is 4.56. The van der Waals surface area contributed by atoms with Crippen molar-refractivity contribution >= 4 is 16.5 Å². The van der Waals surface area contributed by atoms with Gasteiger partial charge in [0.05, 0.1) is 13.2 Å². The number of nitrogens with one attached hydrogen (secondary N) is 1. The van der Waals surface area contributed by atoms with Crippen LogP contribution in [0.2, 0.25) is 0 Å². The summed E-state index contributed by atoms with van der Waals surface area (Å²) in [5.74, 6) is 0.858. The van der Waals surface area contributed by atoms with E-state index in [1.54, 1.807) is 0 Å². The van der Waals surface area contributed by atoms with Gasteiger partial charge in [0.15, 0.2) is 0 Å². The van der Waals surface area contributed by atoms with E-state index < -0.39 is 0 Å². The maximum Gasteiger partial charge on any atom is 0.135 e. The van der Waals surface area contributed by atoms with E-state index in [0.29, 0.717) is 19.8 Å². The summed E-state index contributed by atoms with van der Waals surface area (Å²) in [6, 6.07) is 9.71. The van der Waals surface area contributed by atoms with Crippen LogP contribution in [-0.2, 0) is 11.3 Å². The summed E-state index contributed by atoms with van der Waals surface area (Å²) in [6.07, 6.45) is 1.07. The van der Waals surface area contributed by atoms with E-state index in [0.717, 1.165) is 29.4 Å². The lowest BCUT2D eigenvalue weighted by Crippen LogP contribution is -2.08. The molecule has 0 aliphatic heterocycles. The molecule has 5 nitrogen and oxygen atoms in total. The first-order valence-electron chi connectivity index (χ1n) is 6.71. The predicted molar refractivity (Wildman–Crippen MR) is 80.3 cm³/mol. The minimum absolute atomic E-state index is 0.459. The molecule has 0 atom stereocenters. The van der Waals surface area contributed by atoms with Crippen molar-refractivity contribution in [2.24, 2.45) is 0 Å². The second-order valence-electron chi connectivity index (χ2n) is 4.19. The van der Waals surface area contributed by atoms with Gasteiger partial charge in [-0.05, 0) is 18.6 Å². The molecule has 0 radical (unpaired) electrons. The third kappa shape index (κ3) is 4.79. The molecular formula is C14H19N3O2S. The van der Waals surface area contributed by atoms with Gasteiger partial charge in [0, 0.05) is 18.1 Å². The fourth-order valence-corrected chi connectivity index (χ4v) is 2.17. The Morgan fingerprint density at radius 3 is 2.85 bits per heavy atom. The van der Waals surface area contributed by atoms with Crippen LogP contribution in [0.4, 0.5) is 5.00 Å². The minimum Gasteiger partial charge on any atom is -0.491 e. The molecule has 0 saturated carbocycles. The van der Waals surface area contributed by atoms with Crippen LogP contribution < -0.4 is 10.1 Å². The highest BCUT2D eigenvalue weighted by atomic mass is 32.1. The molecule has 0 saturated heterocycles. The van der Waals surface area contributed by atoms with Crippen LogP contribution in [0.25, 0.3) is 0 Å². The quantitative estimate of drug-likeness (QED) is 0.720. The van der Waals surface area contributed by atoms with Crippen LogP contribution >= 0.6 is 11.5 Å². The Balaban J connectivity index is 1.65. The molecule has 0 unspecified atom stereocenters. The number of hydrogen-bond acceptors (Lipinski definition) is 6. The number of para-hydroxylation sites is 1. The van der Waals surface area contributed by atoms with Crippen molar-refractivity contribution in [2.75, 3.05) is 25.1 Å². The van der Waals surface area contributed by atoms with E-state index >= 15 is 0 Å². The molecule has 1 heterocycles. The van der Waals surface area contributed by atoms with Crippen LogP contribution in [0.3, 0.4) is 0 Å². The summed E-state index contributed by atoms with van der Waals surface area (Å²) in [5, 5.41) is 8.35.